The molecule has 2 aromatic rings. The summed E-state index contributed by atoms with van der Waals surface area (Å²) in [7, 11) is 0. The van der Waals surface area contributed by atoms with Crippen molar-refractivity contribution in [2.75, 3.05) is 6.61 Å². The highest BCUT2D eigenvalue weighted by Crippen LogP contribution is 2.47. The maximum atomic E-state index is 12.7. The first-order valence-corrected chi connectivity index (χ1v) is 9.30. The maximum Gasteiger partial charge on any atom is 0.236 e. The molecule has 1 heterocycles. The monoisotopic (exact) mass is 356 g/mol. The van der Waals surface area contributed by atoms with Gasteiger partial charge in [0.2, 0.25) is 11.8 Å². The summed E-state index contributed by atoms with van der Waals surface area (Å²) in [6.07, 6.45) is 3.25. The summed E-state index contributed by atoms with van der Waals surface area (Å²) < 4.78 is 11.5. The van der Waals surface area contributed by atoms with Crippen molar-refractivity contribution in [2.45, 2.75) is 51.6 Å². The van der Waals surface area contributed by atoms with Crippen LogP contribution in [0, 0.1) is 5.41 Å². The van der Waals surface area contributed by atoms with E-state index >= 15 is 0 Å². The normalized spacial score (nSPS) is 19.0. The molecule has 0 aliphatic heterocycles. The van der Waals surface area contributed by atoms with E-state index in [0.29, 0.717) is 36.5 Å². The minimum atomic E-state index is -0.890. The van der Waals surface area contributed by atoms with Gasteiger partial charge >= 0.3 is 0 Å². The van der Waals surface area contributed by atoms with Crippen LogP contribution in [-0.4, -0.2) is 24.5 Å². The van der Waals surface area contributed by atoms with Gasteiger partial charge in [-0.2, -0.15) is 0 Å². The van der Waals surface area contributed by atoms with E-state index in [1.165, 1.54) is 0 Å². The van der Waals surface area contributed by atoms with Gasteiger partial charge in [-0.25, -0.2) is 0 Å². The van der Waals surface area contributed by atoms with Crippen LogP contribution in [0.5, 0.6) is 5.75 Å². The predicted molar refractivity (Wildman–Crippen MR) is 96.8 cm³/mol. The Bertz CT molecular complexity index is 849. The molecule has 2 aliphatic carbocycles. The highest BCUT2D eigenvalue weighted by Gasteiger charge is 2.57. The van der Waals surface area contributed by atoms with E-state index < -0.39 is 5.41 Å². The zero-order valence-electron chi connectivity index (χ0n) is 15.1. The van der Waals surface area contributed by atoms with E-state index in [2.05, 4.69) is 10.6 Å². The molecule has 2 aliphatic rings. The predicted octanol–water partition coefficient (Wildman–Crippen LogP) is 3.07. The Balaban J connectivity index is 1.48. The standard InChI is InChI=1S/C20H24N2O4/c1-3-25-15-6-4-5-13-11-16(26-17(13)15)12(2)21-18(23)20(9-10-20)19(24)22-14-7-8-14/h4-6,11-12,14H,3,7-10H2,1-2H3,(H,21,23)(H,22,24)/t12-/m1/s1. The first-order valence-electron chi connectivity index (χ1n) is 9.30. The molecule has 2 fully saturated rings. The van der Waals surface area contributed by atoms with Gasteiger partial charge in [0.25, 0.3) is 0 Å². The van der Waals surface area contributed by atoms with E-state index in [1.807, 2.05) is 38.1 Å². The molecule has 0 bridgehead atoms. The van der Waals surface area contributed by atoms with E-state index in [4.69, 9.17) is 9.15 Å². The van der Waals surface area contributed by atoms with E-state index in [-0.39, 0.29) is 23.9 Å². The van der Waals surface area contributed by atoms with Crippen LogP contribution in [0.25, 0.3) is 11.0 Å². The van der Waals surface area contributed by atoms with Gasteiger partial charge in [-0.3, -0.25) is 9.59 Å². The number of para-hydroxylation sites is 1. The third-order valence-electron chi connectivity index (χ3n) is 5.13. The maximum absolute atomic E-state index is 12.7. The van der Waals surface area contributed by atoms with E-state index in [1.54, 1.807) is 0 Å². The van der Waals surface area contributed by atoms with Crippen LogP contribution in [0.15, 0.2) is 28.7 Å². The molecule has 0 saturated heterocycles. The number of carbonyl (C=O) groups is 2. The Hall–Kier alpha value is -2.50. The van der Waals surface area contributed by atoms with Crippen LogP contribution < -0.4 is 15.4 Å². The lowest BCUT2D eigenvalue weighted by Gasteiger charge is -2.18. The van der Waals surface area contributed by atoms with Crippen molar-refractivity contribution in [1.82, 2.24) is 10.6 Å². The summed E-state index contributed by atoms with van der Waals surface area (Å²) in [6.45, 7) is 4.35. The highest BCUT2D eigenvalue weighted by atomic mass is 16.5. The van der Waals surface area contributed by atoms with Crippen molar-refractivity contribution in [2.24, 2.45) is 5.41 Å². The fourth-order valence-corrected chi connectivity index (χ4v) is 3.18. The molecule has 6 nitrogen and oxygen atoms in total. The van der Waals surface area contributed by atoms with Crippen LogP contribution in [0.4, 0.5) is 0 Å². The van der Waals surface area contributed by atoms with Gasteiger partial charge in [0.1, 0.15) is 11.2 Å². The Morgan fingerprint density at radius 2 is 2.08 bits per heavy atom. The minimum absolute atomic E-state index is 0.132. The first kappa shape index (κ1) is 16.9. The molecular weight excluding hydrogens is 332 g/mol. The van der Waals surface area contributed by atoms with Crippen molar-refractivity contribution in [3.63, 3.8) is 0 Å². The summed E-state index contributed by atoms with van der Waals surface area (Å²) in [5, 5.41) is 6.84. The van der Waals surface area contributed by atoms with Crippen molar-refractivity contribution in [3.05, 3.63) is 30.0 Å². The molecule has 1 aromatic heterocycles. The molecule has 2 amide bonds. The number of benzene rings is 1. The fourth-order valence-electron chi connectivity index (χ4n) is 3.18. The molecule has 6 heteroatoms. The number of hydrogen-bond donors (Lipinski definition) is 2. The van der Waals surface area contributed by atoms with E-state index in [9.17, 15) is 9.59 Å². The molecule has 1 atom stereocenters. The summed E-state index contributed by atoms with van der Waals surface area (Å²) in [4.78, 5) is 25.1. The summed E-state index contributed by atoms with van der Waals surface area (Å²) in [5.41, 5.74) is -0.211. The Labute approximate surface area is 152 Å². The van der Waals surface area contributed by atoms with Gasteiger partial charge in [-0.05, 0) is 51.7 Å². The number of carbonyl (C=O) groups excluding carboxylic acids is 2. The number of fused-ring (bicyclic) bond motifs is 1. The molecule has 0 unspecified atom stereocenters. The Morgan fingerprint density at radius 1 is 1.31 bits per heavy atom. The van der Waals surface area contributed by atoms with Gasteiger partial charge in [-0.1, -0.05) is 12.1 Å². The topological polar surface area (TPSA) is 80.6 Å². The summed E-state index contributed by atoms with van der Waals surface area (Å²) in [6, 6.07) is 7.58. The second-order valence-electron chi connectivity index (χ2n) is 7.28. The third kappa shape index (κ3) is 3.04. The van der Waals surface area contributed by atoms with Crippen LogP contribution in [-0.2, 0) is 9.59 Å². The molecule has 0 spiro atoms. The number of furan rings is 1. The molecule has 2 N–H and O–H groups in total. The second-order valence-corrected chi connectivity index (χ2v) is 7.28. The summed E-state index contributed by atoms with van der Waals surface area (Å²) >= 11 is 0. The SMILES string of the molecule is CCOc1cccc2cc([C@@H](C)NC(=O)C3(C(=O)NC4CC4)CC3)oc12. The van der Waals surface area contributed by atoms with Crippen LogP contribution in [0.2, 0.25) is 0 Å². The first-order chi connectivity index (χ1) is 12.5. The fraction of sp³-hybridized carbons (Fsp3) is 0.500. The van der Waals surface area contributed by atoms with Crippen LogP contribution >= 0.6 is 0 Å². The largest absolute Gasteiger partial charge is 0.490 e. The minimum Gasteiger partial charge on any atom is -0.490 e. The van der Waals surface area contributed by atoms with Crippen LogP contribution in [0.1, 0.15) is 51.3 Å². The number of hydrogen-bond acceptors (Lipinski definition) is 4. The molecule has 4 rings (SSSR count). The van der Waals surface area contributed by atoms with Gasteiger partial charge in [0.15, 0.2) is 11.3 Å². The van der Waals surface area contributed by atoms with Crippen molar-refractivity contribution < 1.29 is 18.7 Å². The Morgan fingerprint density at radius 3 is 2.73 bits per heavy atom. The van der Waals surface area contributed by atoms with Crippen molar-refractivity contribution >= 4 is 22.8 Å². The number of nitrogens with one attached hydrogen (secondary N) is 2. The lowest BCUT2D eigenvalue weighted by atomic mass is 10.0. The van der Waals surface area contributed by atoms with E-state index in [0.717, 1.165) is 18.2 Å². The molecule has 26 heavy (non-hydrogen) atoms. The van der Waals surface area contributed by atoms with Gasteiger partial charge in [0, 0.05) is 11.4 Å². The van der Waals surface area contributed by atoms with Crippen molar-refractivity contribution in [3.8, 4) is 5.75 Å². The smallest absolute Gasteiger partial charge is 0.236 e. The number of rotatable bonds is 7. The Kier molecular flexibility index (Phi) is 4.13. The summed E-state index contributed by atoms with van der Waals surface area (Å²) in [5.74, 6) is 0.998. The van der Waals surface area contributed by atoms with Gasteiger partial charge < -0.3 is 19.8 Å². The average Bonchev–Trinajstić information content (AvgIpc) is 3.53. The van der Waals surface area contributed by atoms with Crippen molar-refractivity contribution in [1.29, 1.82) is 0 Å². The van der Waals surface area contributed by atoms with Gasteiger partial charge in [0.05, 0.1) is 12.6 Å². The molecule has 0 radical (unpaired) electrons. The van der Waals surface area contributed by atoms with Gasteiger partial charge in [-0.15, -0.1) is 0 Å². The zero-order valence-corrected chi connectivity index (χ0v) is 15.1. The lowest BCUT2D eigenvalue weighted by Crippen LogP contribution is -2.44. The molecule has 2 saturated carbocycles. The molecular formula is C20H24N2O4. The second kappa shape index (κ2) is 6.34. The zero-order chi connectivity index (χ0) is 18.3. The number of amides is 2. The lowest BCUT2D eigenvalue weighted by molar-refractivity contribution is -0.137. The number of ether oxygens (including phenoxy) is 1. The third-order valence-corrected chi connectivity index (χ3v) is 5.13. The molecule has 1 aromatic carbocycles. The van der Waals surface area contributed by atoms with Crippen LogP contribution in [0.3, 0.4) is 0 Å². The molecule has 138 valence electrons. The highest BCUT2D eigenvalue weighted by molar-refractivity contribution is 6.08. The average molecular weight is 356 g/mol. The quantitative estimate of drug-likeness (QED) is 0.747.